The fourth-order valence-corrected chi connectivity index (χ4v) is 3.21. The second kappa shape index (κ2) is 7.29. The van der Waals surface area contributed by atoms with E-state index in [0.29, 0.717) is 0 Å². The molecule has 6 heteroatoms. The summed E-state index contributed by atoms with van der Waals surface area (Å²) in [5.74, 6) is 7.91. The molecule has 0 saturated heterocycles. The number of hydrogen-bond donors (Lipinski definition) is 1. The van der Waals surface area contributed by atoms with Gasteiger partial charge in [-0.1, -0.05) is 23.6 Å². The van der Waals surface area contributed by atoms with Crippen molar-refractivity contribution in [2.75, 3.05) is 13.7 Å². The summed E-state index contributed by atoms with van der Waals surface area (Å²) in [5, 5.41) is 8.74. The first-order chi connectivity index (χ1) is 9.72. The molecule has 0 bridgehead atoms. The smallest absolute Gasteiger partial charge is 0.170 e. The fraction of sp³-hybridized carbons (Fsp3) is 0.286. The van der Waals surface area contributed by atoms with Crippen LogP contribution in [0, 0.1) is 18.8 Å². The number of nitrogens with zero attached hydrogens (tertiary/aromatic N) is 2. The number of methoxy groups -OCH3 is 1. The molecule has 0 saturated carbocycles. The van der Waals surface area contributed by atoms with Crippen LogP contribution in [-0.4, -0.2) is 28.2 Å². The van der Waals surface area contributed by atoms with Crippen LogP contribution in [0.3, 0.4) is 0 Å². The van der Waals surface area contributed by atoms with Crippen LogP contribution in [0.4, 0.5) is 0 Å². The molecule has 4 nitrogen and oxygen atoms in total. The molecule has 2 aromatic rings. The zero-order chi connectivity index (χ0) is 14.4. The van der Waals surface area contributed by atoms with Crippen LogP contribution >= 0.6 is 23.3 Å². The number of rotatable bonds is 4. The van der Waals surface area contributed by atoms with E-state index in [2.05, 4.69) is 21.2 Å². The summed E-state index contributed by atoms with van der Waals surface area (Å²) in [6, 6.07) is 5.75. The average Bonchev–Trinajstić information content (AvgIpc) is 2.88. The summed E-state index contributed by atoms with van der Waals surface area (Å²) in [4.78, 5) is 4.32. The van der Waals surface area contributed by atoms with Gasteiger partial charge in [-0.25, -0.2) is 4.98 Å². The van der Waals surface area contributed by atoms with Crippen molar-refractivity contribution in [2.45, 2.75) is 17.0 Å². The van der Waals surface area contributed by atoms with E-state index in [1.165, 1.54) is 11.5 Å². The standard InChI is InChI=1S/C14H14N2O2S2/c1-10-15-14(20-16-10)19-9-12-8-11(4-3-7-17)5-6-13(12)18-2/h5-6,8,17H,7,9H2,1-2H3. The minimum atomic E-state index is -0.139. The molecule has 0 aliphatic heterocycles. The molecule has 2 rings (SSSR count). The molecule has 0 radical (unpaired) electrons. The second-order valence-corrected chi connectivity index (χ2v) is 5.86. The van der Waals surface area contributed by atoms with E-state index < -0.39 is 0 Å². The molecule has 1 N–H and O–H groups in total. The van der Waals surface area contributed by atoms with Crippen molar-refractivity contribution < 1.29 is 9.84 Å². The molecule has 1 heterocycles. The summed E-state index contributed by atoms with van der Waals surface area (Å²) in [5.41, 5.74) is 1.92. The Bertz CT molecular complexity index is 644. The number of hydrogen-bond acceptors (Lipinski definition) is 6. The summed E-state index contributed by atoms with van der Waals surface area (Å²) < 4.78 is 10.5. The third kappa shape index (κ3) is 3.97. The van der Waals surface area contributed by atoms with Gasteiger partial charge in [-0.05, 0) is 36.7 Å². The number of thioether (sulfide) groups is 1. The van der Waals surface area contributed by atoms with E-state index in [1.807, 2.05) is 25.1 Å². The normalized spacial score (nSPS) is 9.95. The van der Waals surface area contributed by atoms with Crippen LogP contribution in [0.15, 0.2) is 22.5 Å². The van der Waals surface area contributed by atoms with Gasteiger partial charge < -0.3 is 9.84 Å². The van der Waals surface area contributed by atoms with Crippen molar-refractivity contribution in [1.29, 1.82) is 0 Å². The van der Waals surface area contributed by atoms with Gasteiger partial charge >= 0.3 is 0 Å². The SMILES string of the molecule is COc1ccc(C#CCO)cc1CSc1nc(C)ns1. The van der Waals surface area contributed by atoms with E-state index in [0.717, 1.165) is 32.8 Å². The van der Waals surface area contributed by atoms with E-state index in [9.17, 15) is 0 Å². The summed E-state index contributed by atoms with van der Waals surface area (Å²) in [6.45, 7) is 1.74. The average molecular weight is 306 g/mol. The first-order valence-electron chi connectivity index (χ1n) is 5.92. The van der Waals surface area contributed by atoms with Crippen LogP contribution in [0.25, 0.3) is 0 Å². The molecule has 104 valence electrons. The third-order valence-corrected chi connectivity index (χ3v) is 4.43. The van der Waals surface area contributed by atoms with Crippen molar-refractivity contribution in [3.8, 4) is 17.6 Å². The Labute approximate surface area is 126 Å². The van der Waals surface area contributed by atoms with Gasteiger partial charge in [-0.3, -0.25) is 0 Å². The Hall–Kier alpha value is -1.55. The van der Waals surface area contributed by atoms with Crippen molar-refractivity contribution in [3.05, 3.63) is 35.2 Å². The topological polar surface area (TPSA) is 55.2 Å². The molecule has 20 heavy (non-hydrogen) atoms. The van der Waals surface area contributed by atoms with E-state index in [4.69, 9.17) is 9.84 Å². The second-order valence-electron chi connectivity index (χ2n) is 3.88. The molecule has 0 aliphatic carbocycles. The maximum atomic E-state index is 8.74. The molecule has 0 fully saturated rings. The lowest BCUT2D eigenvalue weighted by molar-refractivity contribution is 0.350. The first-order valence-corrected chi connectivity index (χ1v) is 7.68. The van der Waals surface area contributed by atoms with E-state index in [1.54, 1.807) is 18.9 Å². The highest BCUT2D eigenvalue weighted by atomic mass is 32.2. The summed E-state index contributed by atoms with van der Waals surface area (Å²) in [6.07, 6.45) is 0. The monoisotopic (exact) mass is 306 g/mol. The molecule has 0 atom stereocenters. The number of aliphatic hydroxyl groups is 1. The highest BCUT2D eigenvalue weighted by Gasteiger charge is 2.07. The van der Waals surface area contributed by atoms with Gasteiger partial charge in [0.05, 0.1) is 7.11 Å². The van der Waals surface area contributed by atoms with E-state index in [-0.39, 0.29) is 6.61 Å². The van der Waals surface area contributed by atoms with Crippen molar-refractivity contribution in [3.63, 3.8) is 0 Å². The summed E-state index contributed by atoms with van der Waals surface area (Å²) >= 11 is 3.02. The van der Waals surface area contributed by atoms with Gasteiger partial charge in [0.25, 0.3) is 0 Å². The largest absolute Gasteiger partial charge is 0.496 e. The van der Waals surface area contributed by atoms with Gasteiger partial charge in [0.1, 0.15) is 18.2 Å². The van der Waals surface area contributed by atoms with Crippen LogP contribution < -0.4 is 4.74 Å². The van der Waals surface area contributed by atoms with Crippen LogP contribution in [0.1, 0.15) is 17.0 Å². The van der Waals surface area contributed by atoms with Gasteiger partial charge in [0.2, 0.25) is 0 Å². The maximum Gasteiger partial charge on any atom is 0.170 e. The van der Waals surface area contributed by atoms with E-state index >= 15 is 0 Å². The minimum Gasteiger partial charge on any atom is -0.496 e. The lowest BCUT2D eigenvalue weighted by Gasteiger charge is -2.07. The van der Waals surface area contributed by atoms with Crippen LogP contribution in [-0.2, 0) is 5.75 Å². The van der Waals surface area contributed by atoms with Crippen LogP contribution in [0.5, 0.6) is 5.75 Å². The highest BCUT2D eigenvalue weighted by Crippen LogP contribution is 2.29. The lowest BCUT2D eigenvalue weighted by atomic mass is 10.1. The van der Waals surface area contributed by atoms with Gasteiger partial charge in [-0.15, -0.1) is 0 Å². The molecule has 0 aliphatic rings. The summed E-state index contributed by atoms with van der Waals surface area (Å²) in [7, 11) is 1.65. The number of benzene rings is 1. The lowest BCUT2D eigenvalue weighted by Crippen LogP contribution is -1.91. The van der Waals surface area contributed by atoms with Crippen molar-refractivity contribution in [2.24, 2.45) is 0 Å². The molecular weight excluding hydrogens is 292 g/mol. The fourth-order valence-electron chi connectivity index (χ4n) is 1.59. The minimum absolute atomic E-state index is 0.139. The Morgan fingerprint density at radius 2 is 2.30 bits per heavy atom. The zero-order valence-corrected chi connectivity index (χ0v) is 12.8. The molecule has 0 spiro atoms. The molecule has 0 amide bonds. The highest BCUT2D eigenvalue weighted by molar-refractivity contribution is 8.00. The Balaban J connectivity index is 2.15. The first kappa shape index (κ1) is 14.9. The zero-order valence-electron chi connectivity index (χ0n) is 11.2. The van der Waals surface area contributed by atoms with Crippen molar-refractivity contribution in [1.82, 2.24) is 9.36 Å². The van der Waals surface area contributed by atoms with Crippen molar-refractivity contribution >= 4 is 23.3 Å². The van der Waals surface area contributed by atoms with Gasteiger partial charge in [0.15, 0.2) is 4.34 Å². The Morgan fingerprint density at radius 3 is 2.95 bits per heavy atom. The van der Waals surface area contributed by atoms with Crippen LogP contribution in [0.2, 0.25) is 0 Å². The molecule has 1 aromatic carbocycles. The predicted molar refractivity (Wildman–Crippen MR) is 81.2 cm³/mol. The number of ether oxygens (including phenoxy) is 1. The van der Waals surface area contributed by atoms with Gasteiger partial charge in [-0.2, -0.15) is 4.37 Å². The third-order valence-electron chi connectivity index (χ3n) is 2.45. The number of aryl methyl sites for hydroxylation is 1. The predicted octanol–water partition coefficient (Wildman–Crippen LogP) is 2.49. The molecule has 1 aromatic heterocycles. The molecular formula is C14H14N2O2S2. The quantitative estimate of drug-likeness (QED) is 0.695. The Morgan fingerprint density at radius 1 is 1.45 bits per heavy atom. The molecule has 0 unspecified atom stereocenters. The Kier molecular flexibility index (Phi) is 5.41. The maximum absolute atomic E-state index is 8.74. The van der Waals surface area contributed by atoms with Gasteiger partial charge in [0, 0.05) is 16.9 Å². The number of aliphatic hydroxyl groups excluding tert-OH is 1. The number of aromatic nitrogens is 2.